The topological polar surface area (TPSA) is 35.2 Å². The van der Waals surface area contributed by atoms with Crippen molar-refractivity contribution in [1.29, 1.82) is 0 Å². The molecule has 1 rings (SSSR count). The molecule has 0 unspecified atom stereocenters. The number of rotatable bonds is 2. The lowest BCUT2D eigenvalue weighted by Crippen LogP contribution is -2.37. The van der Waals surface area contributed by atoms with Crippen molar-refractivity contribution in [3.05, 3.63) is 28.8 Å². The molecule has 5 heteroatoms. The van der Waals surface area contributed by atoms with Gasteiger partial charge in [0.15, 0.2) is 0 Å². The third-order valence-corrected chi connectivity index (χ3v) is 1.95. The summed E-state index contributed by atoms with van der Waals surface area (Å²) in [6, 6.07) is 4.92. The van der Waals surface area contributed by atoms with Crippen LogP contribution in [0.2, 0.25) is 5.02 Å². The van der Waals surface area contributed by atoms with E-state index in [-0.39, 0.29) is 0 Å². The molecular formula is C8H8B2ClNO. The van der Waals surface area contributed by atoms with Gasteiger partial charge in [0.25, 0.3) is 0 Å². The zero-order valence-electron chi connectivity index (χ0n) is 7.25. The van der Waals surface area contributed by atoms with Crippen molar-refractivity contribution < 1.29 is 4.74 Å². The lowest BCUT2D eigenvalue weighted by molar-refractivity contribution is 0.415. The maximum absolute atomic E-state index is 5.84. The van der Waals surface area contributed by atoms with E-state index in [2.05, 4.69) is 0 Å². The third kappa shape index (κ3) is 2.42. The number of benzene rings is 1. The number of hydrogen-bond acceptors (Lipinski definition) is 2. The molecule has 1 aromatic rings. The summed E-state index contributed by atoms with van der Waals surface area (Å²) < 4.78 is 4.96. The molecule has 0 aromatic heterocycles. The Labute approximate surface area is 85.2 Å². The van der Waals surface area contributed by atoms with Gasteiger partial charge in [0.05, 0.1) is 27.8 Å². The first-order valence-corrected chi connectivity index (χ1v) is 4.03. The van der Waals surface area contributed by atoms with Crippen LogP contribution in [0.1, 0.15) is 5.56 Å². The van der Waals surface area contributed by atoms with Gasteiger partial charge in [0.1, 0.15) is 5.75 Å². The predicted octanol–water partition coefficient (Wildman–Crippen LogP) is 0.755. The molecule has 2 nitrogen and oxygen atoms in total. The van der Waals surface area contributed by atoms with Crippen molar-refractivity contribution in [2.45, 2.75) is 5.34 Å². The minimum absolute atomic E-state index is 0.436. The normalized spacial score (nSPS) is 11.3. The first-order chi connectivity index (χ1) is 5.95. The zero-order chi connectivity index (χ0) is 10.1. The van der Waals surface area contributed by atoms with E-state index in [0.29, 0.717) is 16.3 Å². The van der Waals surface area contributed by atoms with Gasteiger partial charge in [-0.15, -0.1) is 0 Å². The van der Waals surface area contributed by atoms with Crippen molar-refractivity contribution in [1.82, 2.24) is 0 Å². The first-order valence-electron chi connectivity index (χ1n) is 3.66. The molecule has 0 saturated heterocycles. The predicted molar refractivity (Wildman–Crippen MR) is 55.4 cm³/mol. The van der Waals surface area contributed by atoms with Crippen molar-refractivity contribution in [3.63, 3.8) is 0 Å². The molecule has 0 saturated carbocycles. The number of nitrogens with two attached hydrogens (primary N) is 1. The van der Waals surface area contributed by atoms with Gasteiger partial charge < -0.3 is 10.5 Å². The van der Waals surface area contributed by atoms with Crippen LogP contribution in [0.3, 0.4) is 0 Å². The van der Waals surface area contributed by atoms with Crippen LogP contribution in [0.15, 0.2) is 18.2 Å². The molecule has 64 valence electrons. The highest BCUT2D eigenvalue weighted by molar-refractivity contribution is 6.40. The molecule has 0 aliphatic rings. The van der Waals surface area contributed by atoms with Gasteiger partial charge in [0, 0.05) is 0 Å². The molecule has 0 bridgehead atoms. The van der Waals surface area contributed by atoms with Crippen LogP contribution in [0.25, 0.3) is 0 Å². The quantitative estimate of drug-likeness (QED) is 0.700. The van der Waals surface area contributed by atoms with Gasteiger partial charge in [-0.3, -0.25) is 0 Å². The van der Waals surface area contributed by atoms with Crippen LogP contribution in [0.5, 0.6) is 5.75 Å². The van der Waals surface area contributed by atoms with Gasteiger partial charge >= 0.3 is 0 Å². The van der Waals surface area contributed by atoms with E-state index in [1.807, 2.05) is 0 Å². The van der Waals surface area contributed by atoms with Gasteiger partial charge in [-0.2, -0.15) is 0 Å². The van der Waals surface area contributed by atoms with Crippen molar-refractivity contribution in [3.8, 4) is 5.75 Å². The third-order valence-electron chi connectivity index (χ3n) is 1.65. The minimum Gasteiger partial charge on any atom is -0.495 e. The Morgan fingerprint density at radius 3 is 2.46 bits per heavy atom. The molecule has 0 atom stereocenters. The molecule has 0 fully saturated rings. The van der Waals surface area contributed by atoms with E-state index in [9.17, 15) is 0 Å². The van der Waals surface area contributed by atoms with E-state index < -0.39 is 5.34 Å². The summed E-state index contributed by atoms with van der Waals surface area (Å²) in [5.74, 6) is 0.565. The lowest BCUT2D eigenvalue weighted by atomic mass is 9.59. The average molecular weight is 191 g/mol. The molecule has 0 heterocycles. The molecule has 2 N–H and O–H groups in total. The maximum atomic E-state index is 5.84. The van der Waals surface area contributed by atoms with Crippen LogP contribution in [-0.2, 0) is 5.34 Å². The Balaban J connectivity index is 3.10. The lowest BCUT2D eigenvalue weighted by Gasteiger charge is -2.20. The Bertz CT molecular complexity index is 312. The summed E-state index contributed by atoms with van der Waals surface area (Å²) in [7, 11) is 12.5. The second kappa shape index (κ2) is 3.64. The van der Waals surface area contributed by atoms with Gasteiger partial charge in [-0.1, -0.05) is 17.7 Å². The highest BCUT2D eigenvalue weighted by atomic mass is 35.5. The fourth-order valence-electron chi connectivity index (χ4n) is 0.936. The molecule has 13 heavy (non-hydrogen) atoms. The van der Waals surface area contributed by atoms with Gasteiger partial charge in [-0.25, -0.2) is 0 Å². The summed E-state index contributed by atoms with van der Waals surface area (Å²) in [4.78, 5) is 0. The number of hydrogen-bond donors (Lipinski definition) is 1. The number of halogens is 1. The summed E-state index contributed by atoms with van der Waals surface area (Å²) in [6.45, 7) is 0. The highest BCUT2D eigenvalue weighted by Crippen LogP contribution is 2.27. The van der Waals surface area contributed by atoms with Crippen LogP contribution in [0.4, 0.5) is 0 Å². The number of methoxy groups -OCH3 is 1. The largest absolute Gasteiger partial charge is 0.495 e. The second-order valence-corrected chi connectivity index (χ2v) is 3.19. The monoisotopic (exact) mass is 191 g/mol. The van der Waals surface area contributed by atoms with Gasteiger partial charge in [0.2, 0.25) is 0 Å². The Morgan fingerprint density at radius 2 is 2.08 bits per heavy atom. The molecule has 4 radical (unpaired) electrons. The molecule has 0 amide bonds. The van der Waals surface area contributed by atoms with E-state index in [4.69, 9.17) is 37.8 Å². The Morgan fingerprint density at radius 1 is 1.46 bits per heavy atom. The zero-order valence-corrected chi connectivity index (χ0v) is 8.01. The van der Waals surface area contributed by atoms with E-state index in [1.165, 1.54) is 7.11 Å². The Kier molecular flexibility index (Phi) is 2.94. The van der Waals surface area contributed by atoms with Gasteiger partial charge in [-0.05, 0) is 23.0 Å². The van der Waals surface area contributed by atoms with E-state index >= 15 is 0 Å². The maximum Gasteiger partial charge on any atom is 0.137 e. The van der Waals surface area contributed by atoms with Crippen LogP contribution >= 0.6 is 11.6 Å². The summed E-state index contributed by atoms with van der Waals surface area (Å²) >= 11 is 5.84. The van der Waals surface area contributed by atoms with Crippen LogP contribution in [0, 0.1) is 0 Å². The highest BCUT2D eigenvalue weighted by Gasteiger charge is 2.14. The first kappa shape index (κ1) is 10.5. The van der Waals surface area contributed by atoms with Crippen molar-refractivity contribution >= 4 is 27.3 Å². The van der Waals surface area contributed by atoms with Crippen LogP contribution < -0.4 is 10.5 Å². The van der Waals surface area contributed by atoms with E-state index in [0.717, 1.165) is 0 Å². The van der Waals surface area contributed by atoms with Crippen molar-refractivity contribution in [2.24, 2.45) is 5.73 Å². The molecule has 0 aliphatic carbocycles. The minimum atomic E-state index is -1.37. The van der Waals surface area contributed by atoms with Crippen molar-refractivity contribution in [2.75, 3.05) is 7.11 Å². The fourth-order valence-corrected chi connectivity index (χ4v) is 1.19. The summed E-state index contributed by atoms with van der Waals surface area (Å²) in [5, 5.41) is -0.929. The standard InChI is InChI=1S/C8H8B2ClNO/c1-13-7-3-2-5(4-6(7)11)8(9,10)12/h2-4H,12H2,1H3. The molecule has 1 aromatic carbocycles. The average Bonchev–Trinajstić information content (AvgIpc) is 2.02. The van der Waals surface area contributed by atoms with Crippen LogP contribution in [-0.4, -0.2) is 22.8 Å². The smallest absolute Gasteiger partial charge is 0.137 e. The summed E-state index contributed by atoms with van der Waals surface area (Å²) in [5.41, 5.74) is 6.03. The Hall–Kier alpha value is -0.600. The molecule has 0 spiro atoms. The fraction of sp³-hybridized carbons (Fsp3) is 0.250. The van der Waals surface area contributed by atoms with E-state index in [1.54, 1.807) is 18.2 Å². The molecule has 0 aliphatic heterocycles. The summed E-state index contributed by atoms with van der Waals surface area (Å²) in [6.07, 6.45) is 0. The number of ether oxygens (including phenoxy) is 1. The second-order valence-electron chi connectivity index (χ2n) is 2.78. The molecular weight excluding hydrogens is 183 g/mol. The SMILES string of the molecule is [B]C([B])(N)c1ccc(OC)c(Cl)c1.